The molecule has 0 spiro atoms. The van der Waals surface area contributed by atoms with E-state index in [-0.39, 0.29) is 29.9 Å². The van der Waals surface area contributed by atoms with Gasteiger partial charge in [0, 0.05) is 50.6 Å². The zero-order valence-corrected chi connectivity index (χ0v) is 36.4. The molecular weight excluding hydrogens is 778 g/mol. The largest absolute Gasteiger partial charge is 0.746 e. The number of aliphatic hydroxyl groups excluding tert-OH is 1. The van der Waals surface area contributed by atoms with Crippen molar-refractivity contribution in [3.63, 3.8) is 0 Å². The Kier molecular flexibility index (Phi) is 16.2. The third kappa shape index (κ3) is 12.4. The minimum absolute atomic E-state index is 0.0347. The minimum atomic E-state index is -5.08. The normalized spacial score (nSPS) is 24.4. The van der Waals surface area contributed by atoms with Gasteiger partial charge in [0.05, 0.1) is 25.2 Å². The molecule has 8 rings (SSSR count). The quantitative estimate of drug-likeness (QED) is 0.0550. The van der Waals surface area contributed by atoms with E-state index in [0.717, 1.165) is 110 Å². The van der Waals surface area contributed by atoms with Gasteiger partial charge in [-0.05, 0) is 98.2 Å². The molecule has 4 atom stereocenters. The number of unbranched alkanes of at least 4 members (excludes halogenated alkanes) is 4. The van der Waals surface area contributed by atoms with Gasteiger partial charge in [-0.25, -0.2) is 4.79 Å². The van der Waals surface area contributed by atoms with Gasteiger partial charge in [-0.1, -0.05) is 92.8 Å². The molecule has 5 aliphatic rings. The number of hydrogen-bond acceptors (Lipinski definition) is 8. The number of quaternary nitrogens is 1. The molecule has 328 valence electrons. The molecule has 1 saturated carbocycles. The number of amides is 1. The highest BCUT2D eigenvalue weighted by molar-refractivity contribution is 7.45. The van der Waals surface area contributed by atoms with Crippen molar-refractivity contribution in [2.75, 3.05) is 52.5 Å². The second-order valence-electron chi connectivity index (χ2n) is 18.0. The summed E-state index contributed by atoms with van der Waals surface area (Å²) in [5.41, 5.74) is 5.24. The van der Waals surface area contributed by atoms with E-state index < -0.39 is 13.9 Å². The Labute approximate surface area is 357 Å². The van der Waals surface area contributed by atoms with Gasteiger partial charge < -0.3 is 43.6 Å². The van der Waals surface area contributed by atoms with E-state index in [1.165, 1.54) is 42.0 Å². The smallest absolute Gasteiger partial charge is 0.410 e. The van der Waals surface area contributed by atoms with Crippen molar-refractivity contribution in [1.82, 2.24) is 10.2 Å². The Morgan fingerprint density at radius 2 is 1.62 bits per heavy atom. The summed E-state index contributed by atoms with van der Waals surface area (Å²) in [6.07, 6.45) is 14.8. The summed E-state index contributed by atoms with van der Waals surface area (Å²) in [6, 6.07) is 24.2. The van der Waals surface area contributed by atoms with Gasteiger partial charge in [-0.15, -0.1) is 0 Å². The first-order valence-electron chi connectivity index (χ1n) is 22.9. The van der Waals surface area contributed by atoms with Crippen LogP contribution in [0.5, 0.6) is 5.75 Å². The Balaban J connectivity index is 0.892. The van der Waals surface area contributed by atoms with Gasteiger partial charge in [0.1, 0.15) is 18.8 Å². The lowest BCUT2D eigenvalue weighted by Crippen LogP contribution is -2.64. The molecule has 12 heteroatoms. The average molecular weight is 846 g/mol. The molecule has 4 aliphatic heterocycles. The maximum atomic E-state index is 14.2. The Bertz CT molecular complexity index is 1840. The summed E-state index contributed by atoms with van der Waals surface area (Å²) >= 11 is 0. The zero-order chi connectivity index (χ0) is 41.8. The fraction of sp³-hybridized carbons (Fsp3) is 0.604. The van der Waals surface area contributed by atoms with Crippen LogP contribution >= 0.6 is 7.82 Å². The van der Waals surface area contributed by atoms with E-state index in [1.807, 2.05) is 11.0 Å². The Hall–Kier alpha value is -3.28. The van der Waals surface area contributed by atoms with Crippen molar-refractivity contribution in [2.24, 2.45) is 11.8 Å². The number of aryl methyl sites for hydroxylation is 1. The van der Waals surface area contributed by atoms with Crippen molar-refractivity contribution in [3.05, 3.63) is 101 Å². The van der Waals surface area contributed by atoms with Crippen LogP contribution in [0.1, 0.15) is 123 Å². The lowest BCUT2D eigenvalue weighted by atomic mass is 9.77. The molecular formula is C48H68N3O8P. The van der Waals surface area contributed by atoms with E-state index in [9.17, 15) is 24.3 Å². The highest BCUT2D eigenvalue weighted by atomic mass is 31.2. The minimum Gasteiger partial charge on any atom is -0.746 e. The second kappa shape index (κ2) is 21.7. The number of carbonyl (C=O) groups excluding carboxylic acids is 1. The van der Waals surface area contributed by atoms with Gasteiger partial charge in [-0.3, -0.25) is 4.57 Å². The third-order valence-corrected chi connectivity index (χ3v) is 14.1. The van der Waals surface area contributed by atoms with Crippen LogP contribution in [0.25, 0.3) is 0 Å². The number of rotatable bonds is 21. The number of phosphoric ester groups is 1. The number of carbonyl (C=O) groups is 1. The summed E-state index contributed by atoms with van der Waals surface area (Å²) < 4.78 is 30.1. The van der Waals surface area contributed by atoms with Crippen LogP contribution in [0.3, 0.4) is 0 Å². The first kappa shape index (κ1) is 44.8. The maximum absolute atomic E-state index is 14.2. The molecule has 2 bridgehead atoms. The molecule has 3 saturated heterocycles. The first-order valence-corrected chi connectivity index (χ1v) is 24.4. The van der Waals surface area contributed by atoms with Crippen molar-refractivity contribution in [3.8, 4) is 5.75 Å². The predicted octanol–water partition coefficient (Wildman–Crippen LogP) is 8.17. The number of phosphoric acid groups is 1. The molecule has 0 aromatic heterocycles. The van der Waals surface area contributed by atoms with E-state index in [2.05, 4.69) is 59.9 Å². The molecule has 3 aromatic rings. The highest BCUT2D eigenvalue weighted by Crippen LogP contribution is 2.44. The van der Waals surface area contributed by atoms with E-state index >= 15 is 0 Å². The summed E-state index contributed by atoms with van der Waals surface area (Å²) in [7, 11) is -5.08. The van der Waals surface area contributed by atoms with Crippen molar-refractivity contribution in [1.29, 1.82) is 0 Å². The molecule has 11 nitrogen and oxygen atoms in total. The van der Waals surface area contributed by atoms with Crippen LogP contribution in [-0.2, 0) is 33.4 Å². The average Bonchev–Trinajstić information content (AvgIpc) is 3.26. The maximum Gasteiger partial charge on any atom is 0.410 e. The predicted molar refractivity (Wildman–Crippen MR) is 231 cm³/mol. The zero-order valence-electron chi connectivity index (χ0n) is 35.5. The van der Waals surface area contributed by atoms with E-state index in [4.69, 9.17) is 14.0 Å². The second-order valence-corrected chi connectivity index (χ2v) is 19.1. The van der Waals surface area contributed by atoms with Gasteiger partial charge in [0.25, 0.3) is 0 Å². The molecule has 1 amide bonds. The number of nitrogens with one attached hydrogen (secondary N) is 1. The molecule has 4 heterocycles. The van der Waals surface area contributed by atoms with Crippen LogP contribution in [-0.4, -0.2) is 84.1 Å². The SMILES string of the molecule is O=C(OC1C[N+]2(Cc3cc(C(O)CNCCCCCCOCCCCc4ccccc4)ccc3OP(=O)([O-])O)CCC1CC2)N1CCc2ccccc2C1C1CCCCC1. The lowest BCUT2D eigenvalue weighted by molar-refractivity contribution is -0.958. The number of fused-ring (bicyclic) bond motifs is 4. The van der Waals surface area contributed by atoms with Gasteiger partial charge in [0.2, 0.25) is 0 Å². The number of ether oxygens (including phenoxy) is 2. The number of nitrogens with zero attached hydrogens (tertiary/aromatic N) is 2. The fourth-order valence-corrected chi connectivity index (χ4v) is 10.9. The number of benzene rings is 3. The number of aliphatic hydroxyl groups is 1. The number of hydrogen-bond donors (Lipinski definition) is 3. The Morgan fingerprint density at radius 1 is 0.883 bits per heavy atom. The molecule has 4 fully saturated rings. The summed E-state index contributed by atoms with van der Waals surface area (Å²) in [5.74, 6) is 0.771. The molecule has 3 N–H and O–H groups in total. The first-order chi connectivity index (χ1) is 29.2. The standard InChI is InChI=1S/C48H68N3O8P/c52-44(34-49-27-12-1-2-13-31-57-32-14-11-17-37-15-5-3-6-16-37)41-22-23-45(59-60(54,55)56)42(33-41)35-51-29-25-39(26-30-51)46(36-51)58-48(53)50-28-24-38-18-9-10-21-43(38)47(50)40-19-7-4-8-20-40/h3,5-6,9-10,15-16,18,21-23,33,39-40,44,46-47,49,52H,1-2,4,7-8,11-14,17,19-20,24-32,34-36H2,(H-,54,55,56). The number of piperidine rings is 3. The summed E-state index contributed by atoms with van der Waals surface area (Å²) in [6.45, 7) is 6.17. The van der Waals surface area contributed by atoms with Gasteiger partial charge in [-0.2, -0.15) is 0 Å². The molecule has 4 unspecified atom stereocenters. The van der Waals surface area contributed by atoms with Crippen LogP contribution in [0.15, 0.2) is 72.8 Å². The van der Waals surface area contributed by atoms with E-state index in [1.54, 1.807) is 6.07 Å². The van der Waals surface area contributed by atoms with Crippen molar-refractivity contribution < 1.29 is 42.7 Å². The van der Waals surface area contributed by atoms with E-state index in [0.29, 0.717) is 47.7 Å². The van der Waals surface area contributed by atoms with Crippen LogP contribution in [0, 0.1) is 11.8 Å². The van der Waals surface area contributed by atoms with Crippen molar-refractivity contribution >= 4 is 13.9 Å². The van der Waals surface area contributed by atoms with Crippen LogP contribution < -0.4 is 14.7 Å². The summed E-state index contributed by atoms with van der Waals surface area (Å²) in [4.78, 5) is 37.9. The van der Waals surface area contributed by atoms with Crippen molar-refractivity contribution in [2.45, 2.75) is 121 Å². The molecule has 60 heavy (non-hydrogen) atoms. The Morgan fingerprint density at radius 3 is 2.40 bits per heavy atom. The molecule has 3 aromatic carbocycles. The van der Waals surface area contributed by atoms with Gasteiger partial charge in [0.15, 0.2) is 6.10 Å². The molecule has 0 radical (unpaired) electrons. The third-order valence-electron chi connectivity index (χ3n) is 13.7. The van der Waals surface area contributed by atoms with Gasteiger partial charge >= 0.3 is 13.9 Å². The highest BCUT2D eigenvalue weighted by Gasteiger charge is 2.49. The van der Waals surface area contributed by atoms with Crippen LogP contribution in [0.2, 0.25) is 0 Å². The van der Waals surface area contributed by atoms with Crippen LogP contribution in [0.4, 0.5) is 4.79 Å². The fourth-order valence-electron chi connectivity index (χ4n) is 10.5. The molecule has 1 aliphatic carbocycles. The summed E-state index contributed by atoms with van der Waals surface area (Å²) in [5, 5.41) is 14.6. The lowest BCUT2D eigenvalue weighted by Gasteiger charge is -2.52. The monoisotopic (exact) mass is 845 g/mol. The topological polar surface area (TPSA) is 141 Å².